The summed E-state index contributed by atoms with van der Waals surface area (Å²) < 4.78 is 10.8. The predicted molar refractivity (Wildman–Crippen MR) is 78.6 cm³/mol. The van der Waals surface area contributed by atoms with Crippen LogP contribution in [0.25, 0.3) is 0 Å². The van der Waals surface area contributed by atoms with Crippen molar-refractivity contribution >= 4 is 11.5 Å². The number of anilines is 1. The van der Waals surface area contributed by atoms with Crippen LogP contribution in [0.2, 0.25) is 0 Å². The maximum absolute atomic E-state index is 11.3. The number of hydrogen-bond donors (Lipinski definition) is 1. The SMILES string of the molecule is COc1cc(C#N)cc(Oc2ccc(C(C)=O)c(N)c2)c1. The lowest BCUT2D eigenvalue weighted by Crippen LogP contribution is -1.99. The van der Waals surface area contributed by atoms with Crippen molar-refractivity contribution in [2.45, 2.75) is 6.92 Å². The third-order valence-electron chi connectivity index (χ3n) is 2.88. The van der Waals surface area contributed by atoms with Gasteiger partial charge in [0.25, 0.3) is 0 Å². The molecular formula is C16H14N2O3. The first-order valence-electron chi connectivity index (χ1n) is 6.21. The van der Waals surface area contributed by atoms with E-state index in [0.717, 1.165) is 0 Å². The van der Waals surface area contributed by atoms with Crippen LogP contribution in [0.15, 0.2) is 36.4 Å². The lowest BCUT2D eigenvalue weighted by molar-refractivity contribution is 0.101. The van der Waals surface area contributed by atoms with Crippen molar-refractivity contribution in [3.8, 4) is 23.3 Å². The lowest BCUT2D eigenvalue weighted by atomic mass is 10.1. The molecule has 0 bridgehead atoms. The summed E-state index contributed by atoms with van der Waals surface area (Å²) in [6.07, 6.45) is 0. The minimum Gasteiger partial charge on any atom is -0.497 e. The first kappa shape index (κ1) is 14.4. The summed E-state index contributed by atoms with van der Waals surface area (Å²) in [6, 6.07) is 11.7. The van der Waals surface area contributed by atoms with Gasteiger partial charge < -0.3 is 15.2 Å². The van der Waals surface area contributed by atoms with Gasteiger partial charge in [0.05, 0.1) is 18.7 Å². The molecule has 2 aromatic rings. The lowest BCUT2D eigenvalue weighted by Gasteiger charge is -2.10. The quantitative estimate of drug-likeness (QED) is 0.687. The first-order valence-corrected chi connectivity index (χ1v) is 6.21. The molecule has 0 aliphatic rings. The number of nitrogen functional groups attached to an aromatic ring is 1. The molecule has 0 spiro atoms. The molecule has 0 aromatic heterocycles. The number of nitrogens with zero attached hydrogens (tertiary/aromatic N) is 1. The molecule has 5 nitrogen and oxygen atoms in total. The van der Waals surface area contributed by atoms with Gasteiger partial charge in [0, 0.05) is 23.4 Å². The van der Waals surface area contributed by atoms with Crippen LogP contribution < -0.4 is 15.2 Å². The Balaban J connectivity index is 2.32. The van der Waals surface area contributed by atoms with E-state index in [1.54, 1.807) is 36.4 Å². The molecule has 0 saturated heterocycles. The number of Topliss-reactive ketones (excluding diaryl/α,β-unsaturated/α-hetero) is 1. The van der Waals surface area contributed by atoms with Gasteiger partial charge in [-0.15, -0.1) is 0 Å². The third-order valence-corrected chi connectivity index (χ3v) is 2.88. The van der Waals surface area contributed by atoms with Gasteiger partial charge >= 0.3 is 0 Å². The Morgan fingerprint density at radius 1 is 1.14 bits per heavy atom. The van der Waals surface area contributed by atoms with Gasteiger partial charge in [-0.25, -0.2) is 0 Å². The molecular weight excluding hydrogens is 268 g/mol. The number of benzene rings is 2. The van der Waals surface area contributed by atoms with Crippen LogP contribution in [0.1, 0.15) is 22.8 Å². The van der Waals surface area contributed by atoms with Crippen molar-refractivity contribution in [3.63, 3.8) is 0 Å². The summed E-state index contributed by atoms with van der Waals surface area (Å²) in [5.74, 6) is 1.36. The number of carbonyl (C=O) groups excluding carboxylic acids is 1. The Bertz CT molecular complexity index is 733. The molecule has 106 valence electrons. The van der Waals surface area contributed by atoms with Crippen molar-refractivity contribution in [2.75, 3.05) is 12.8 Å². The molecule has 2 N–H and O–H groups in total. The zero-order valence-corrected chi connectivity index (χ0v) is 11.7. The zero-order chi connectivity index (χ0) is 15.4. The number of ketones is 1. The van der Waals surface area contributed by atoms with Crippen LogP contribution in [-0.2, 0) is 0 Å². The molecule has 0 atom stereocenters. The molecule has 0 aliphatic heterocycles. The van der Waals surface area contributed by atoms with E-state index in [1.807, 2.05) is 6.07 Å². The van der Waals surface area contributed by atoms with Gasteiger partial charge in [-0.3, -0.25) is 4.79 Å². The third kappa shape index (κ3) is 3.31. The van der Waals surface area contributed by atoms with Gasteiger partial charge in [0.1, 0.15) is 17.2 Å². The maximum atomic E-state index is 11.3. The summed E-state index contributed by atoms with van der Waals surface area (Å²) in [4.78, 5) is 11.3. The Kier molecular flexibility index (Phi) is 4.10. The number of rotatable bonds is 4. The van der Waals surface area contributed by atoms with E-state index in [9.17, 15) is 4.79 Å². The molecule has 0 amide bonds. The van der Waals surface area contributed by atoms with E-state index in [1.165, 1.54) is 14.0 Å². The van der Waals surface area contributed by atoms with Crippen LogP contribution in [0.3, 0.4) is 0 Å². The van der Waals surface area contributed by atoms with Crippen LogP contribution in [0.5, 0.6) is 17.2 Å². The van der Waals surface area contributed by atoms with E-state index in [-0.39, 0.29) is 5.78 Å². The summed E-state index contributed by atoms with van der Waals surface area (Å²) in [6.45, 7) is 1.45. The molecule has 0 fully saturated rings. The zero-order valence-electron chi connectivity index (χ0n) is 11.7. The molecule has 5 heteroatoms. The maximum Gasteiger partial charge on any atom is 0.161 e. The number of methoxy groups -OCH3 is 1. The van der Waals surface area contributed by atoms with Crippen molar-refractivity contribution in [3.05, 3.63) is 47.5 Å². The topological polar surface area (TPSA) is 85.3 Å². The Labute approximate surface area is 122 Å². The number of hydrogen-bond acceptors (Lipinski definition) is 5. The molecule has 0 unspecified atom stereocenters. The molecule has 0 radical (unpaired) electrons. The van der Waals surface area contributed by atoms with Gasteiger partial charge in [-0.2, -0.15) is 5.26 Å². The van der Waals surface area contributed by atoms with E-state index in [2.05, 4.69) is 0 Å². The van der Waals surface area contributed by atoms with E-state index in [0.29, 0.717) is 34.1 Å². The molecule has 0 heterocycles. The van der Waals surface area contributed by atoms with Crippen molar-refractivity contribution in [2.24, 2.45) is 0 Å². The Hall–Kier alpha value is -3.00. The minimum absolute atomic E-state index is 0.104. The standard InChI is InChI=1S/C16H14N2O3/c1-10(19)15-4-3-12(8-16(15)18)21-14-6-11(9-17)5-13(7-14)20-2/h3-8H,18H2,1-2H3. The molecule has 0 saturated carbocycles. The van der Waals surface area contributed by atoms with Gasteiger partial charge in [0.2, 0.25) is 0 Å². The normalized spacial score (nSPS) is 9.76. The summed E-state index contributed by atoms with van der Waals surface area (Å²) in [5.41, 5.74) is 7.04. The van der Waals surface area contributed by atoms with Crippen molar-refractivity contribution < 1.29 is 14.3 Å². The highest BCUT2D eigenvalue weighted by molar-refractivity contribution is 5.99. The Morgan fingerprint density at radius 3 is 2.43 bits per heavy atom. The number of carbonyl (C=O) groups is 1. The van der Waals surface area contributed by atoms with Gasteiger partial charge in [-0.1, -0.05) is 0 Å². The van der Waals surface area contributed by atoms with Crippen LogP contribution in [0, 0.1) is 11.3 Å². The highest BCUT2D eigenvalue weighted by Crippen LogP contribution is 2.29. The summed E-state index contributed by atoms with van der Waals surface area (Å²) in [5, 5.41) is 8.97. The van der Waals surface area contributed by atoms with Crippen LogP contribution in [0.4, 0.5) is 5.69 Å². The van der Waals surface area contributed by atoms with Crippen molar-refractivity contribution in [1.82, 2.24) is 0 Å². The fraction of sp³-hybridized carbons (Fsp3) is 0.125. The minimum atomic E-state index is -0.104. The molecule has 21 heavy (non-hydrogen) atoms. The highest BCUT2D eigenvalue weighted by Gasteiger charge is 2.08. The van der Waals surface area contributed by atoms with E-state index < -0.39 is 0 Å². The van der Waals surface area contributed by atoms with Crippen LogP contribution in [-0.4, -0.2) is 12.9 Å². The average Bonchev–Trinajstić information content (AvgIpc) is 2.46. The second-order valence-corrected chi connectivity index (χ2v) is 4.42. The smallest absolute Gasteiger partial charge is 0.161 e. The second kappa shape index (κ2) is 5.97. The molecule has 0 aliphatic carbocycles. The Morgan fingerprint density at radius 2 is 1.86 bits per heavy atom. The molecule has 2 aromatic carbocycles. The van der Waals surface area contributed by atoms with E-state index >= 15 is 0 Å². The highest BCUT2D eigenvalue weighted by atomic mass is 16.5. The predicted octanol–water partition coefficient (Wildman–Crippen LogP) is 3.14. The monoisotopic (exact) mass is 282 g/mol. The number of ether oxygens (including phenoxy) is 2. The average molecular weight is 282 g/mol. The first-order chi connectivity index (χ1) is 10.0. The van der Waals surface area contributed by atoms with Gasteiger partial charge in [0.15, 0.2) is 5.78 Å². The van der Waals surface area contributed by atoms with Gasteiger partial charge in [-0.05, 0) is 31.2 Å². The fourth-order valence-corrected chi connectivity index (χ4v) is 1.87. The largest absolute Gasteiger partial charge is 0.497 e. The van der Waals surface area contributed by atoms with Crippen molar-refractivity contribution in [1.29, 1.82) is 5.26 Å². The summed E-state index contributed by atoms with van der Waals surface area (Å²) in [7, 11) is 1.51. The van der Waals surface area contributed by atoms with Crippen LogP contribution >= 0.6 is 0 Å². The number of nitrogens with two attached hydrogens (primary N) is 1. The fourth-order valence-electron chi connectivity index (χ4n) is 1.87. The van der Waals surface area contributed by atoms with E-state index in [4.69, 9.17) is 20.5 Å². The number of nitriles is 1. The summed E-state index contributed by atoms with van der Waals surface area (Å²) >= 11 is 0. The second-order valence-electron chi connectivity index (χ2n) is 4.42. The molecule has 2 rings (SSSR count).